The Bertz CT molecular complexity index is 1360. The largest absolute Gasteiger partial charge is 0.454 e. The molecule has 0 unspecified atom stereocenters. The zero-order chi connectivity index (χ0) is 30.2. The molecule has 0 aliphatic carbocycles. The van der Waals surface area contributed by atoms with Crippen molar-refractivity contribution in [1.29, 1.82) is 0 Å². The van der Waals surface area contributed by atoms with E-state index in [-0.39, 0.29) is 30.7 Å². The summed E-state index contributed by atoms with van der Waals surface area (Å²) >= 11 is 5.11. The van der Waals surface area contributed by atoms with Gasteiger partial charge in [0.25, 0.3) is 0 Å². The van der Waals surface area contributed by atoms with E-state index in [4.69, 9.17) is 21.1 Å². The van der Waals surface area contributed by atoms with Crippen LogP contribution >= 0.6 is 11.6 Å². The van der Waals surface area contributed by atoms with E-state index in [0.29, 0.717) is 24.2 Å². The number of carbonyl (C=O) groups is 3. The van der Waals surface area contributed by atoms with E-state index < -0.39 is 17.6 Å². The molecule has 0 heterocycles. The molecule has 3 aromatic carbocycles. The summed E-state index contributed by atoms with van der Waals surface area (Å²) in [4.78, 5) is 35.7. The number of amides is 2. The number of nitrogens with one attached hydrogen (secondary N) is 2. The van der Waals surface area contributed by atoms with E-state index in [1.54, 1.807) is 24.3 Å². The third-order valence-electron chi connectivity index (χ3n) is 6.48. The van der Waals surface area contributed by atoms with Crippen molar-refractivity contribution in [3.63, 3.8) is 0 Å². The molecule has 41 heavy (non-hydrogen) atoms. The van der Waals surface area contributed by atoms with Crippen molar-refractivity contribution in [3.8, 4) is 0 Å². The van der Waals surface area contributed by atoms with Gasteiger partial charge in [-0.15, -0.1) is 0 Å². The number of anilines is 2. The fourth-order valence-electron chi connectivity index (χ4n) is 4.13. The van der Waals surface area contributed by atoms with Gasteiger partial charge in [-0.25, -0.2) is 14.4 Å². The molecule has 0 aliphatic rings. The molecule has 2 N–H and O–H groups in total. The van der Waals surface area contributed by atoms with Gasteiger partial charge in [0.05, 0.1) is 24.6 Å². The SMILES string of the molecule is CC(C)(C)c1cc(COC(=O)Nc2cccc3c(NC(=O)OCCCCOC(=O)Cl)cccc23)cc(C(C)(C)C)c1. The molecule has 0 radical (unpaired) electrons. The highest BCUT2D eigenvalue weighted by Crippen LogP contribution is 2.32. The molecule has 3 rings (SSSR count). The van der Waals surface area contributed by atoms with E-state index in [0.717, 1.165) is 16.3 Å². The fourth-order valence-corrected chi connectivity index (χ4v) is 4.21. The van der Waals surface area contributed by atoms with Crippen LogP contribution in [0.1, 0.15) is 71.1 Å². The van der Waals surface area contributed by atoms with Crippen molar-refractivity contribution in [2.45, 2.75) is 71.8 Å². The van der Waals surface area contributed by atoms with Gasteiger partial charge < -0.3 is 14.2 Å². The van der Waals surface area contributed by atoms with Crippen LogP contribution in [0.4, 0.5) is 25.8 Å². The van der Waals surface area contributed by atoms with Gasteiger partial charge in [0.1, 0.15) is 6.61 Å². The Morgan fingerprint density at radius 3 is 1.61 bits per heavy atom. The summed E-state index contributed by atoms with van der Waals surface area (Å²) in [7, 11) is 0. The van der Waals surface area contributed by atoms with Crippen LogP contribution in [0.15, 0.2) is 54.6 Å². The molecule has 220 valence electrons. The zero-order valence-electron chi connectivity index (χ0n) is 24.6. The van der Waals surface area contributed by atoms with E-state index in [2.05, 4.69) is 75.1 Å². The number of hydrogen-bond donors (Lipinski definition) is 2. The second-order valence-electron chi connectivity index (χ2n) is 11.9. The first-order valence-corrected chi connectivity index (χ1v) is 14.0. The molecule has 0 saturated heterocycles. The first kappa shape index (κ1) is 31.7. The van der Waals surface area contributed by atoms with Gasteiger partial charge >= 0.3 is 17.6 Å². The lowest BCUT2D eigenvalue weighted by Crippen LogP contribution is -2.18. The Morgan fingerprint density at radius 1 is 0.683 bits per heavy atom. The van der Waals surface area contributed by atoms with Crippen LogP contribution < -0.4 is 10.6 Å². The highest BCUT2D eigenvalue weighted by Gasteiger charge is 2.21. The van der Waals surface area contributed by atoms with Crippen LogP contribution in [-0.2, 0) is 31.6 Å². The number of benzene rings is 3. The smallest absolute Gasteiger partial charge is 0.411 e. The maximum atomic E-state index is 12.8. The third-order valence-corrected chi connectivity index (χ3v) is 6.59. The Balaban J connectivity index is 1.65. The summed E-state index contributed by atoms with van der Waals surface area (Å²) in [5.41, 5.74) is 3.46. The number of hydrogen-bond acceptors (Lipinski definition) is 6. The summed E-state index contributed by atoms with van der Waals surface area (Å²) < 4.78 is 15.5. The fraction of sp³-hybridized carbons (Fsp3) is 0.406. The van der Waals surface area contributed by atoms with Gasteiger partial charge in [-0.3, -0.25) is 10.6 Å². The summed E-state index contributed by atoms with van der Waals surface area (Å²) in [6.45, 7) is 13.5. The van der Waals surface area contributed by atoms with Gasteiger partial charge in [-0.05, 0) is 52.5 Å². The van der Waals surface area contributed by atoms with Crippen LogP contribution in [0, 0.1) is 0 Å². The van der Waals surface area contributed by atoms with Gasteiger partial charge in [0.2, 0.25) is 0 Å². The highest BCUT2D eigenvalue weighted by atomic mass is 35.5. The number of carbonyl (C=O) groups excluding carboxylic acids is 3. The maximum absolute atomic E-state index is 12.8. The lowest BCUT2D eigenvalue weighted by Gasteiger charge is -2.26. The molecule has 0 spiro atoms. The van der Waals surface area contributed by atoms with E-state index in [1.807, 2.05) is 12.1 Å². The minimum atomic E-state index is -0.859. The molecule has 2 amide bonds. The standard InChI is InChI=1S/C32H39ClN2O6/c1-31(2,3)22-17-21(18-23(19-22)32(4,5)6)20-41-30(38)35-27-14-10-11-24-25(27)12-9-13-26(24)34-29(37)40-16-8-7-15-39-28(33)36/h9-14,17-19H,7-8,15-16,20H2,1-6H3,(H,34,37)(H,35,38). The van der Waals surface area contributed by atoms with Crippen molar-refractivity contribution in [2.75, 3.05) is 23.8 Å². The number of unbranched alkanes of at least 4 members (excludes halogenated alkanes) is 1. The molecular formula is C32H39ClN2O6. The molecule has 0 saturated carbocycles. The zero-order valence-corrected chi connectivity index (χ0v) is 25.3. The van der Waals surface area contributed by atoms with Crippen molar-refractivity contribution in [1.82, 2.24) is 0 Å². The third kappa shape index (κ3) is 9.67. The second kappa shape index (κ2) is 13.7. The van der Waals surface area contributed by atoms with Crippen LogP contribution in [0.3, 0.4) is 0 Å². The summed E-state index contributed by atoms with van der Waals surface area (Å²) in [5, 5.41) is 7.04. The van der Waals surface area contributed by atoms with Crippen molar-refractivity contribution < 1.29 is 28.6 Å². The molecule has 0 atom stereocenters. The topological polar surface area (TPSA) is 103 Å². The monoisotopic (exact) mass is 582 g/mol. The Hall–Kier alpha value is -3.78. The first-order chi connectivity index (χ1) is 19.2. The van der Waals surface area contributed by atoms with Crippen molar-refractivity contribution in [3.05, 3.63) is 71.3 Å². The minimum Gasteiger partial charge on any atom is -0.454 e. The number of fused-ring (bicyclic) bond motifs is 1. The second-order valence-corrected chi connectivity index (χ2v) is 12.2. The van der Waals surface area contributed by atoms with Gasteiger partial charge in [0, 0.05) is 22.4 Å². The first-order valence-electron chi connectivity index (χ1n) is 13.6. The molecule has 0 fully saturated rings. The molecule has 3 aromatic rings. The normalized spacial score (nSPS) is 11.6. The predicted molar refractivity (Wildman–Crippen MR) is 163 cm³/mol. The quantitative estimate of drug-likeness (QED) is 0.148. The van der Waals surface area contributed by atoms with E-state index >= 15 is 0 Å². The average Bonchev–Trinajstić information content (AvgIpc) is 2.88. The Labute approximate surface area is 246 Å². The Kier molecular flexibility index (Phi) is 10.6. The van der Waals surface area contributed by atoms with Crippen LogP contribution in [0.5, 0.6) is 0 Å². The highest BCUT2D eigenvalue weighted by molar-refractivity contribution is 6.61. The van der Waals surface area contributed by atoms with Crippen molar-refractivity contribution >= 4 is 51.4 Å². The predicted octanol–water partition coefficient (Wildman–Crippen LogP) is 8.89. The van der Waals surface area contributed by atoms with Crippen molar-refractivity contribution in [2.24, 2.45) is 0 Å². The van der Waals surface area contributed by atoms with Crippen LogP contribution in [0.25, 0.3) is 10.8 Å². The summed E-state index contributed by atoms with van der Waals surface area (Å²) in [6, 6.07) is 17.2. The molecule has 0 aliphatic heterocycles. The number of rotatable bonds is 9. The van der Waals surface area contributed by atoms with E-state index in [9.17, 15) is 14.4 Å². The van der Waals surface area contributed by atoms with Gasteiger partial charge in [-0.1, -0.05) is 84.0 Å². The minimum absolute atomic E-state index is 0.0414. The lowest BCUT2D eigenvalue weighted by molar-refractivity contribution is 0.148. The van der Waals surface area contributed by atoms with Gasteiger partial charge in [-0.2, -0.15) is 0 Å². The summed E-state index contributed by atoms with van der Waals surface area (Å²) in [6.07, 6.45) is -0.156. The van der Waals surface area contributed by atoms with E-state index in [1.165, 1.54) is 11.1 Å². The molecule has 8 nitrogen and oxygen atoms in total. The molecule has 9 heteroatoms. The van der Waals surface area contributed by atoms with Gasteiger partial charge in [0.15, 0.2) is 0 Å². The molecule has 0 aromatic heterocycles. The van der Waals surface area contributed by atoms with Crippen LogP contribution in [-0.4, -0.2) is 30.8 Å². The summed E-state index contributed by atoms with van der Waals surface area (Å²) in [5.74, 6) is 0. The number of halogens is 1. The number of ether oxygens (including phenoxy) is 3. The van der Waals surface area contributed by atoms with Crippen LogP contribution in [0.2, 0.25) is 0 Å². The average molecular weight is 583 g/mol. The Morgan fingerprint density at radius 2 is 1.15 bits per heavy atom. The molecular weight excluding hydrogens is 544 g/mol. The molecule has 0 bridgehead atoms. The maximum Gasteiger partial charge on any atom is 0.411 e. The lowest BCUT2D eigenvalue weighted by atomic mass is 9.79.